The number of methoxy groups -OCH3 is 1. The van der Waals surface area contributed by atoms with E-state index in [0.29, 0.717) is 5.92 Å². The van der Waals surface area contributed by atoms with Crippen molar-refractivity contribution < 1.29 is 13.9 Å². The molecule has 0 aliphatic carbocycles. The highest BCUT2D eigenvalue weighted by molar-refractivity contribution is 5.28. The van der Waals surface area contributed by atoms with Crippen LogP contribution in [0.15, 0.2) is 47.1 Å². The van der Waals surface area contributed by atoms with Crippen molar-refractivity contribution >= 4 is 0 Å². The molecule has 0 N–H and O–H groups in total. The summed E-state index contributed by atoms with van der Waals surface area (Å²) in [6, 6.07) is 12.2. The summed E-state index contributed by atoms with van der Waals surface area (Å²) in [5, 5.41) is 0. The standard InChI is InChI=1S/C18H23NO3/c1-20-17-5-2-4-15(10-17)11-19(12-16-7-9-21-14-16)13-18-6-3-8-22-18/h2-6,8,10,16H,7,9,11-14H2,1H3. The Bertz CT molecular complexity index is 561. The van der Waals surface area contributed by atoms with Crippen molar-refractivity contribution in [1.82, 2.24) is 4.90 Å². The normalized spacial score (nSPS) is 18.0. The first-order valence-corrected chi connectivity index (χ1v) is 7.79. The average molecular weight is 301 g/mol. The summed E-state index contributed by atoms with van der Waals surface area (Å²) >= 11 is 0. The maximum Gasteiger partial charge on any atom is 0.119 e. The second-order valence-corrected chi connectivity index (χ2v) is 5.83. The van der Waals surface area contributed by atoms with Gasteiger partial charge in [-0.2, -0.15) is 0 Å². The van der Waals surface area contributed by atoms with Crippen LogP contribution in [0.3, 0.4) is 0 Å². The Morgan fingerprint density at radius 1 is 1.23 bits per heavy atom. The molecular weight excluding hydrogens is 278 g/mol. The van der Waals surface area contributed by atoms with Crippen LogP contribution < -0.4 is 4.74 Å². The molecule has 0 amide bonds. The molecule has 0 radical (unpaired) electrons. The summed E-state index contributed by atoms with van der Waals surface area (Å²) in [4.78, 5) is 2.42. The molecule has 22 heavy (non-hydrogen) atoms. The Morgan fingerprint density at radius 3 is 2.91 bits per heavy atom. The van der Waals surface area contributed by atoms with E-state index in [0.717, 1.165) is 50.8 Å². The highest BCUT2D eigenvalue weighted by Gasteiger charge is 2.20. The van der Waals surface area contributed by atoms with Gasteiger partial charge in [0.2, 0.25) is 0 Å². The Hall–Kier alpha value is -1.78. The smallest absolute Gasteiger partial charge is 0.119 e. The third kappa shape index (κ3) is 4.12. The van der Waals surface area contributed by atoms with E-state index in [4.69, 9.17) is 13.9 Å². The fourth-order valence-corrected chi connectivity index (χ4v) is 2.93. The highest BCUT2D eigenvalue weighted by atomic mass is 16.5. The monoisotopic (exact) mass is 301 g/mol. The van der Waals surface area contributed by atoms with Crippen LogP contribution >= 0.6 is 0 Å². The number of ether oxygens (including phenoxy) is 2. The van der Waals surface area contributed by atoms with Gasteiger partial charge in [-0.3, -0.25) is 4.90 Å². The summed E-state index contributed by atoms with van der Waals surface area (Å²) in [6.45, 7) is 4.48. The number of benzene rings is 1. The summed E-state index contributed by atoms with van der Waals surface area (Å²) in [5.41, 5.74) is 1.25. The van der Waals surface area contributed by atoms with Gasteiger partial charge < -0.3 is 13.9 Å². The topological polar surface area (TPSA) is 34.8 Å². The third-order valence-corrected chi connectivity index (χ3v) is 4.04. The number of furan rings is 1. The SMILES string of the molecule is COc1cccc(CN(Cc2ccco2)CC2CCOC2)c1. The summed E-state index contributed by atoms with van der Waals surface area (Å²) in [6.07, 6.45) is 2.88. The predicted octanol–water partition coefficient (Wildman–Crippen LogP) is 3.33. The first-order valence-electron chi connectivity index (χ1n) is 7.79. The predicted molar refractivity (Wildman–Crippen MR) is 84.7 cm³/mol. The van der Waals surface area contributed by atoms with E-state index in [1.165, 1.54) is 5.56 Å². The Labute approximate surface area is 131 Å². The molecule has 1 aromatic heterocycles. The summed E-state index contributed by atoms with van der Waals surface area (Å²) < 4.78 is 16.3. The maximum atomic E-state index is 5.51. The van der Waals surface area contributed by atoms with Crippen molar-refractivity contribution in [2.24, 2.45) is 5.92 Å². The fraction of sp³-hybridized carbons (Fsp3) is 0.444. The quantitative estimate of drug-likeness (QED) is 0.786. The Kier molecular flexibility index (Phi) is 5.14. The fourth-order valence-electron chi connectivity index (χ4n) is 2.93. The summed E-state index contributed by atoms with van der Waals surface area (Å²) in [5.74, 6) is 2.52. The van der Waals surface area contributed by atoms with Crippen LogP contribution in [0, 0.1) is 5.92 Å². The number of hydrogen-bond acceptors (Lipinski definition) is 4. The van der Waals surface area contributed by atoms with Gasteiger partial charge in [0.05, 0.1) is 26.5 Å². The molecule has 1 aromatic carbocycles. The van der Waals surface area contributed by atoms with Gasteiger partial charge in [0.1, 0.15) is 11.5 Å². The Balaban J connectivity index is 1.68. The zero-order valence-electron chi connectivity index (χ0n) is 13.0. The minimum absolute atomic E-state index is 0.612. The van der Waals surface area contributed by atoms with Gasteiger partial charge in [0.15, 0.2) is 0 Å². The van der Waals surface area contributed by atoms with E-state index in [1.54, 1.807) is 13.4 Å². The number of rotatable bonds is 7. The number of hydrogen-bond donors (Lipinski definition) is 0. The summed E-state index contributed by atoms with van der Waals surface area (Å²) in [7, 11) is 1.70. The van der Waals surface area contributed by atoms with Crippen molar-refractivity contribution in [2.45, 2.75) is 19.5 Å². The molecule has 1 atom stereocenters. The molecule has 3 rings (SSSR count). The molecule has 4 heteroatoms. The zero-order valence-corrected chi connectivity index (χ0v) is 13.0. The lowest BCUT2D eigenvalue weighted by atomic mass is 10.1. The molecule has 1 aliphatic rings. The molecule has 1 aliphatic heterocycles. The molecule has 1 fully saturated rings. The van der Waals surface area contributed by atoms with Crippen LogP contribution in [0.25, 0.3) is 0 Å². The molecule has 1 unspecified atom stereocenters. The molecule has 0 saturated carbocycles. The molecule has 0 bridgehead atoms. The third-order valence-electron chi connectivity index (χ3n) is 4.04. The van der Waals surface area contributed by atoms with E-state index >= 15 is 0 Å². The molecule has 1 saturated heterocycles. The van der Waals surface area contributed by atoms with Crippen molar-refractivity contribution in [3.05, 3.63) is 54.0 Å². The first kappa shape index (κ1) is 15.1. The van der Waals surface area contributed by atoms with Gasteiger partial charge in [0.25, 0.3) is 0 Å². The Morgan fingerprint density at radius 2 is 2.18 bits per heavy atom. The van der Waals surface area contributed by atoms with Crippen LogP contribution in [0.5, 0.6) is 5.75 Å². The second kappa shape index (κ2) is 7.47. The molecule has 4 nitrogen and oxygen atoms in total. The molecular formula is C18H23NO3. The van der Waals surface area contributed by atoms with Gasteiger partial charge in [0, 0.05) is 19.7 Å². The molecule has 0 spiro atoms. The van der Waals surface area contributed by atoms with Gasteiger partial charge in [-0.15, -0.1) is 0 Å². The lowest BCUT2D eigenvalue weighted by Crippen LogP contribution is -2.29. The van der Waals surface area contributed by atoms with E-state index in [2.05, 4.69) is 17.0 Å². The zero-order chi connectivity index (χ0) is 15.2. The lowest BCUT2D eigenvalue weighted by molar-refractivity contribution is 0.157. The van der Waals surface area contributed by atoms with Gasteiger partial charge >= 0.3 is 0 Å². The molecule has 2 aromatic rings. The molecule has 118 valence electrons. The maximum absolute atomic E-state index is 5.51. The van der Waals surface area contributed by atoms with Crippen molar-refractivity contribution in [2.75, 3.05) is 26.9 Å². The van der Waals surface area contributed by atoms with Crippen molar-refractivity contribution in [1.29, 1.82) is 0 Å². The lowest BCUT2D eigenvalue weighted by Gasteiger charge is -2.24. The minimum Gasteiger partial charge on any atom is -0.497 e. The van der Waals surface area contributed by atoms with E-state index < -0.39 is 0 Å². The van der Waals surface area contributed by atoms with Gasteiger partial charge in [-0.05, 0) is 42.2 Å². The van der Waals surface area contributed by atoms with Crippen LogP contribution in [0.1, 0.15) is 17.7 Å². The largest absolute Gasteiger partial charge is 0.497 e. The van der Waals surface area contributed by atoms with E-state index in [-0.39, 0.29) is 0 Å². The van der Waals surface area contributed by atoms with Crippen LogP contribution in [0.2, 0.25) is 0 Å². The van der Waals surface area contributed by atoms with Crippen LogP contribution in [-0.4, -0.2) is 31.8 Å². The van der Waals surface area contributed by atoms with Crippen molar-refractivity contribution in [3.8, 4) is 5.75 Å². The van der Waals surface area contributed by atoms with Gasteiger partial charge in [-0.1, -0.05) is 12.1 Å². The number of nitrogens with zero attached hydrogens (tertiary/aromatic N) is 1. The van der Waals surface area contributed by atoms with E-state index in [9.17, 15) is 0 Å². The molecule has 2 heterocycles. The second-order valence-electron chi connectivity index (χ2n) is 5.83. The minimum atomic E-state index is 0.612. The first-order chi connectivity index (χ1) is 10.8. The average Bonchev–Trinajstić information content (AvgIpc) is 3.21. The van der Waals surface area contributed by atoms with Gasteiger partial charge in [-0.25, -0.2) is 0 Å². The van der Waals surface area contributed by atoms with Crippen LogP contribution in [-0.2, 0) is 17.8 Å². The van der Waals surface area contributed by atoms with E-state index in [1.807, 2.05) is 24.3 Å². The van der Waals surface area contributed by atoms with Crippen LogP contribution in [0.4, 0.5) is 0 Å². The highest BCUT2D eigenvalue weighted by Crippen LogP contribution is 2.20. The van der Waals surface area contributed by atoms with Crippen molar-refractivity contribution in [3.63, 3.8) is 0 Å².